The number of nitrogen functional groups attached to an aromatic ring is 1. The van der Waals surface area contributed by atoms with E-state index < -0.39 is 0 Å². The predicted octanol–water partition coefficient (Wildman–Crippen LogP) is 1.08. The van der Waals surface area contributed by atoms with Gasteiger partial charge >= 0.3 is 0 Å². The Balaban J connectivity index is 2.73. The summed E-state index contributed by atoms with van der Waals surface area (Å²) >= 11 is 0. The molecule has 0 spiro atoms. The van der Waals surface area contributed by atoms with E-state index in [0.717, 1.165) is 18.7 Å². The van der Waals surface area contributed by atoms with Crippen LogP contribution in [-0.4, -0.2) is 33.2 Å². The van der Waals surface area contributed by atoms with Gasteiger partial charge in [0.05, 0.1) is 5.56 Å². The van der Waals surface area contributed by atoms with Crippen LogP contribution < -0.4 is 16.4 Å². The Labute approximate surface area is 101 Å². The smallest absolute Gasteiger partial charge is 0.253 e. The fourth-order valence-electron chi connectivity index (χ4n) is 1.48. The third kappa shape index (κ3) is 3.96. The molecule has 94 valence electrons. The molecule has 0 fully saturated rings. The van der Waals surface area contributed by atoms with Crippen molar-refractivity contribution in [3.63, 3.8) is 0 Å². The highest BCUT2D eigenvalue weighted by Gasteiger charge is 2.09. The van der Waals surface area contributed by atoms with Gasteiger partial charge in [-0.1, -0.05) is 0 Å². The van der Waals surface area contributed by atoms with Gasteiger partial charge in [0.2, 0.25) is 0 Å². The molecule has 0 saturated heterocycles. The molecule has 0 aliphatic carbocycles. The molecular formula is C12H19N3O2. The van der Waals surface area contributed by atoms with E-state index in [2.05, 4.69) is 10.6 Å². The number of methoxy groups -OCH3 is 1. The van der Waals surface area contributed by atoms with Crippen molar-refractivity contribution in [3.8, 4) is 0 Å². The van der Waals surface area contributed by atoms with E-state index in [1.54, 1.807) is 32.4 Å². The standard InChI is InChI=1S/C12H19N3O2/c1-14-12(16)10-5-4-9(13)8-11(10)15-6-3-7-17-2/h4-5,8,15H,3,6-7,13H2,1-2H3,(H,14,16). The van der Waals surface area contributed by atoms with Crippen LogP contribution in [0.15, 0.2) is 18.2 Å². The summed E-state index contributed by atoms with van der Waals surface area (Å²) in [4.78, 5) is 11.6. The van der Waals surface area contributed by atoms with Crippen LogP contribution in [0.4, 0.5) is 11.4 Å². The molecule has 0 heterocycles. The van der Waals surface area contributed by atoms with Crippen molar-refractivity contribution in [2.75, 3.05) is 38.4 Å². The lowest BCUT2D eigenvalue weighted by atomic mass is 10.1. The van der Waals surface area contributed by atoms with Crippen molar-refractivity contribution in [3.05, 3.63) is 23.8 Å². The van der Waals surface area contributed by atoms with E-state index in [0.29, 0.717) is 17.9 Å². The molecule has 0 aromatic heterocycles. The first kappa shape index (κ1) is 13.3. The zero-order valence-electron chi connectivity index (χ0n) is 10.2. The lowest BCUT2D eigenvalue weighted by Crippen LogP contribution is -2.20. The van der Waals surface area contributed by atoms with Gasteiger partial charge in [0.25, 0.3) is 5.91 Å². The second kappa shape index (κ2) is 6.75. The number of nitrogens with two attached hydrogens (primary N) is 1. The van der Waals surface area contributed by atoms with Crippen LogP contribution in [0.25, 0.3) is 0 Å². The highest BCUT2D eigenvalue weighted by atomic mass is 16.5. The van der Waals surface area contributed by atoms with Gasteiger partial charge in [0.1, 0.15) is 0 Å². The molecule has 0 saturated carbocycles. The number of benzene rings is 1. The van der Waals surface area contributed by atoms with Crippen LogP contribution in [-0.2, 0) is 4.74 Å². The van der Waals surface area contributed by atoms with Gasteiger partial charge in [0.15, 0.2) is 0 Å². The molecular weight excluding hydrogens is 218 g/mol. The summed E-state index contributed by atoms with van der Waals surface area (Å²) in [6, 6.07) is 5.19. The Morgan fingerprint density at radius 2 is 2.24 bits per heavy atom. The van der Waals surface area contributed by atoms with Crippen molar-refractivity contribution in [2.24, 2.45) is 0 Å². The molecule has 0 atom stereocenters. The minimum Gasteiger partial charge on any atom is -0.399 e. The Hall–Kier alpha value is -1.75. The first-order valence-electron chi connectivity index (χ1n) is 5.53. The zero-order chi connectivity index (χ0) is 12.7. The molecule has 0 aliphatic rings. The second-order valence-corrected chi connectivity index (χ2v) is 3.66. The normalized spacial score (nSPS) is 10.0. The van der Waals surface area contributed by atoms with E-state index in [4.69, 9.17) is 10.5 Å². The topological polar surface area (TPSA) is 76.4 Å². The van der Waals surface area contributed by atoms with Crippen LogP contribution in [0.5, 0.6) is 0 Å². The van der Waals surface area contributed by atoms with E-state index >= 15 is 0 Å². The van der Waals surface area contributed by atoms with Crippen LogP contribution in [0.1, 0.15) is 16.8 Å². The molecule has 0 bridgehead atoms. The van der Waals surface area contributed by atoms with E-state index in [1.165, 1.54) is 0 Å². The Morgan fingerprint density at radius 1 is 1.47 bits per heavy atom. The molecule has 1 aromatic rings. The van der Waals surface area contributed by atoms with Crippen LogP contribution in [0, 0.1) is 0 Å². The number of anilines is 2. The maximum atomic E-state index is 11.6. The van der Waals surface area contributed by atoms with Crippen molar-refractivity contribution >= 4 is 17.3 Å². The van der Waals surface area contributed by atoms with Gasteiger partial charge in [-0.05, 0) is 24.6 Å². The van der Waals surface area contributed by atoms with Gasteiger partial charge in [-0.3, -0.25) is 4.79 Å². The minimum absolute atomic E-state index is 0.126. The number of rotatable bonds is 6. The number of carbonyl (C=O) groups is 1. The van der Waals surface area contributed by atoms with Crippen LogP contribution >= 0.6 is 0 Å². The highest BCUT2D eigenvalue weighted by Crippen LogP contribution is 2.19. The fraction of sp³-hybridized carbons (Fsp3) is 0.417. The third-order valence-corrected chi connectivity index (χ3v) is 2.36. The first-order chi connectivity index (χ1) is 8.19. The van der Waals surface area contributed by atoms with E-state index in [9.17, 15) is 4.79 Å². The molecule has 5 nitrogen and oxygen atoms in total. The average molecular weight is 237 g/mol. The summed E-state index contributed by atoms with van der Waals surface area (Å²) in [5, 5.41) is 5.78. The minimum atomic E-state index is -0.126. The highest BCUT2D eigenvalue weighted by molar-refractivity contribution is 6.00. The number of hydrogen-bond donors (Lipinski definition) is 3. The molecule has 0 aliphatic heterocycles. The van der Waals surface area contributed by atoms with Crippen molar-refractivity contribution in [1.82, 2.24) is 5.32 Å². The summed E-state index contributed by atoms with van der Waals surface area (Å²) in [7, 11) is 3.27. The summed E-state index contributed by atoms with van der Waals surface area (Å²) in [6.07, 6.45) is 0.873. The Kier molecular flexibility index (Phi) is 5.29. The van der Waals surface area contributed by atoms with Gasteiger partial charge in [-0.2, -0.15) is 0 Å². The second-order valence-electron chi connectivity index (χ2n) is 3.66. The SMILES string of the molecule is CNC(=O)c1ccc(N)cc1NCCCOC. The fourth-order valence-corrected chi connectivity index (χ4v) is 1.48. The molecule has 1 amide bonds. The maximum Gasteiger partial charge on any atom is 0.253 e. The largest absolute Gasteiger partial charge is 0.399 e. The Bertz CT molecular complexity index is 380. The lowest BCUT2D eigenvalue weighted by Gasteiger charge is -2.11. The quantitative estimate of drug-likeness (QED) is 0.511. The summed E-state index contributed by atoms with van der Waals surface area (Å²) in [5.41, 5.74) is 7.68. The van der Waals surface area contributed by atoms with Gasteiger partial charge < -0.3 is 21.1 Å². The van der Waals surface area contributed by atoms with E-state index in [-0.39, 0.29) is 5.91 Å². The predicted molar refractivity (Wildman–Crippen MR) is 69.2 cm³/mol. The van der Waals surface area contributed by atoms with Crippen molar-refractivity contribution < 1.29 is 9.53 Å². The van der Waals surface area contributed by atoms with Gasteiger partial charge in [-0.15, -0.1) is 0 Å². The molecule has 5 heteroatoms. The Morgan fingerprint density at radius 3 is 2.88 bits per heavy atom. The zero-order valence-corrected chi connectivity index (χ0v) is 10.2. The number of ether oxygens (including phenoxy) is 1. The molecule has 0 unspecified atom stereocenters. The van der Waals surface area contributed by atoms with Crippen LogP contribution in [0.3, 0.4) is 0 Å². The summed E-state index contributed by atoms with van der Waals surface area (Å²) in [6.45, 7) is 1.42. The third-order valence-electron chi connectivity index (χ3n) is 2.36. The maximum absolute atomic E-state index is 11.6. The van der Waals surface area contributed by atoms with E-state index in [1.807, 2.05) is 0 Å². The number of carbonyl (C=O) groups excluding carboxylic acids is 1. The number of hydrogen-bond acceptors (Lipinski definition) is 4. The average Bonchev–Trinajstić information content (AvgIpc) is 2.34. The molecule has 1 rings (SSSR count). The first-order valence-corrected chi connectivity index (χ1v) is 5.53. The van der Waals surface area contributed by atoms with Crippen molar-refractivity contribution in [1.29, 1.82) is 0 Å². The monoisotopic (exact) mass is 237 g/mol. The van der Waals surface area contributed by atoms with Gasteiger partial charge in [0, 0.05) is 38.7 Å². The molecule has 0 radical (unpaired) electrons. The lowest BCUT2D eigenvalue weighted by molar-refractivity contribution is 0.0964. The van der Waals surface area contributed by atoms with Gasteiger partial charge in [-0.25, -0.2) is 0 Å². The number of amides is 1. The summed E-state index contributed by atoms with van der Waals surface area (Å²) < 4.78 is 4.96. The summed E-state index contributed by atoms with van der Waals surface area (Å²) in [5.74, 6) is -0.126. The number of nitrogens with one attached hydrogen (secondary N) is 2. The molecule has 4 N–H and O–H groups in total. The van der Waals surface area contributed by atoms with Crippen LogP contribution in [0.2, 0.25) is 0 Å². The molecule has 17 heavy (non-hydrogen) atoms. The van der Waals surface area contributed by atoms with Crippen molar-refractivity contribution in [2.45, 2.75) is 6.42 Å². The molecule has 1 aromatic carbocycles.